The van der Waals surface area contributed by atoms with Crippen LogP contribution in [0, 0.1) is 0 Å². The number of nitrogens with zero attached hydrogens (tertiary/aromatic N) is 2. The van der Waals surface area contributed by atoms with Crippen molar-refractivity contribution in [1.82, 2.24) is 9.21 Å². The first-order chi connectivity index (χ1) is 14.2. The number of benzene rings is 2. The molecule has 4 rings (SSSR count). The van der Waals surface area contributed by atoms with E-state index in [1.807, 2.05) is 30.3 Å². The van der Waals surface area contributed by atoms with Crippen LogP contribution in [0.4, 0.5) is 13.2 Å². The molecule has 0 aromatic heterocycles. The Morgan fingerprint density at radius 2 is 1.57 bits per heavy atom. The lowest BCUT2D eigenvalue weighted by molar-refractivity contribution is -0.194. The highest BCUT2D eigenvalue weighted by Gasteiger charge is 2.67. The van der Waals surface area contributed by atoms with Crippen LogP contribution in [-0.2, 0) is 10.0 Å². The second-order valence-electron chi connectivity index (χ2n) is 7.89. The van der Waals surface area contributed by atoms with Crippen LogP contribution in [0.15, 0.2) is 65.6 Å². The minimum absolute atomic E-state index is 0.0954. The van der Waals surface area contributed by atoms with Crippen molar-refractivity contribution in [2.24, 2.45) is 0 Å². The molecule has 2 heterocycles. The maximum atomic E-state index is 12.9. The van der Waals surface area contributed by atoms with Crippen molar-refractivity contribution in [1.29, 1.82) is 0 Å². The molecule has 0 radical (unpaired) electrons. The number of hydrogen-bond acceptors (Lipinski definition) is 4. The van der Waals surface area contributed by atoms with Crippen molar-refractivity contribution in [2.75, 3.05) is 26.2 Å². The van der Waals surface area contributed by atoms with Crippen molar-refractivity contribution in [3.05, 3.63) is 66.2 Å². The summed E-state index contributed by atoms with van der Waals surface area (Å²) in [7, 11) is -3.72. The Morgan fingerprint density at radius 3 is 2.10 bits per heavy atom. The molecule has 2 aromatic carbocycles. The van der Waals surface area contributed by atoms with Gasteiger partial charge < -0.3 is 5.11 Å². The van der Waals surface area contributed by atoms with E-state index < -0.39 is 34.2 Å². The second kappa shape index (κ2) is 7.64. The van der Waals surface area contributed by atoms with Crippen LogP contribution in [0.1, 0.15) is 17.9 Å². The zero-order chi connectivity index (χ0) is 21.6. The Balaban J connectivity index is 1.62. The topological polar surface area (TPSA) is 60.9 Å². The van der Waals surface area contributed by atoms with Gasteiger partial charge in [-0.2, -0.15) is 17.5 Å². The first kappa shape index (κ1) is 21.3. The fraction of sp³-hybridized carbons (Fsp3) is 0.429. The second-order valence-corrected chi connectivity index (χ2v) is 9.82. The number of likely N-dealkylation sites (tertiary alicyclic amines) is 1. The molecule has 162 valence electrons. The maximum Gasteiger partial charge on any atom is 0.390 e. The van der Waals surface area contributed by atoms with Gasteiger partial charge in [0, 0.05) is 31.6 Å². The highest BCUT2D eigenvalue weighted by Crippen LogP contribution is 2.55. The molecular formula is C21H23F3N2O3S. The monoisotopic (exact) mass is 440 g/mol. The Labute approximate surface area is 173 Å². The minimum atomic E-state index is -4.32. The Morgan fingerprint density at radius 1 is 1.00 bits per heavy atom. The van der Waals surface area contributed by atoms with Gasteiger partial charge in [-0.1, -0.05) is 48.5 Å². The number of alkyl halides is 3. The van der Waals surface area contributed by atoms with Gasteiger partial charge in [0.1, 0.15) is 0 Å². The third-order valence-electron chi connectivity index (χ3n) is 6.20. The van der Waals surface area contributed by atoms with Crippen molar-refractivity contribution in [3.63, 3.8) is 0 Å². The molecule has 2 aliphatic heterocycles. The molecule has 0 amide bonds. The van der Waals surface area contributed by atoms with Crippen LogP contribution in [0.5, 0.6) is 0 Å². The zero-order valence-electron chi connectivity index (χ0n) is 16.2. The summed E-state index contributed by atoms with van der Waals surface area (Å²) < 4.78 is 65.9. The van der Waals surface area contributed by atoms with E-state index >= 15 is 0 Å². The van der Waals surface area contributed by atoms with Crippen LogP contribution in [-0.4, -0.2) is 66.7 Å². The molecular weight excluding hydrogens is 417 g/mol. The molecule has 2 aromatic rings. The highest BCUT2D eigenvalue weighted by molar-refractivity contribution is 7.89. The quantitative estimate of drug-likeness (QED) is 0.751. The summed E-state index contributed by atoms with van der Waals surface area (Å²) in [6.07, 6.45) is -5.32. The molecule has 1 spiro atoms. The summed E-state index contributed by atoms with van der Waals surface area (Å²) in [5, 5.41) is 9.92. The third kappa shape index (κ3) is 3.53. The van der Waals surface area contributed by atoms with E-state index in [0.29, 0.717) is 0 Å². The molecule has 30 heavy (non-hydrogen) atoms. The van der Waals surface area contributed by atoms with Crippen LogP contribution >= 0.6 is 0 Å². The number of rotatable bonds is 6. The fourth-order valence-electron chi connectivity index (χ4n) is 4.85. The van der Waals surface area contributed by atoms with Crippen LogP contribution in [0.2, 0.25) is 0 Å². The molecule has 2 saturated heterocycles. The minimum Gasteiger partial charge on any atom is -0.395 e. The molecule has 0 bridgehead atoms. The van der Waals surface area contributed by atoms with Gasteiger partial charge in [-0.05, 0) is 17.7 Å². The van der Waals surface area contributed by atoms with E-state index in [-0.39, 0.29) is 37.1 Å². The number of hydrogen-bond donors (Lipinski definition) is 1. The molecule has 2 aliphatic rings. The molecule has 2 fully saturated rings. The van der Waals surface area contributed by atoms with Gasteiger partial charge >= 0.3 is 6.18 Å². The standard InChI is InChI=1S/C21H23F3N2O3S/c22-21(23,24)11-12-26-18(13-27)19(16-7-3-1-4-8-16)20(26)14-25(15-20)30(28,29)17-9-5-2-6-10-17/h1-10,18-19,27H,11-15H2/t18-,19+/m1/s1. The largest absolute Gasteiger partial charge is 0.395 e. The van der Waals surface area contributed by atoms with Crippen LogP contribution in [0.25, 0.3) is 0 Å². The SMILES string of the molecule is O=S(=O)(c1ccccc1)N1CC2(C1)[C@@H](c1ccccc1)[C@@H](CO)N2CCC(F)(F)F. The summed E-state index contributed by atoms with van der Waals surface area (Å²) in [5.41, 5.74) is 0.151. The summed E-state index contributed by atoms with van der Waals surface area (Å²) in [6, 6.07) is 16.8. The highest BCUT2D eigenvalue weighted by atomic mass is 32.2. The van der Waals surface area contributed by atoms with Crippen molar-refractivity contribution >= 4 is 10.0 Å². The summed E-state index contributed by atoms with van der Waals surface area (Å²) in [6.45, 7) is -0.363. The lowest BCUT2D eigenvalue weighted by Crippen LogP contribution is -2.85. The van der Waals surface area contributed by atoms with E-state index in [9.17, 15) is 26.7 Å². The third-order valence-corrected chi connectivity index (χ3v) is 8.01. The first-order valence-electron chi connectivity index (χ1n) is 9.73. The lowest BCUT2D eigenvalue weighted by Gasteiger charge is -2.70. The summed E-state index contributed by atoms with van der Waals surface area (Å²) in [5.74, 6) is -0.237. The van der Waals surface area contributed by atoms with Crippen molar-refractivity contribution < 1.29 is 26.7 Å². The van der Waals surface area contributed by atoms with Gasteiger partial charge in [0.2, 0.25) is 10.0 Å². The van der Waals surface area contributed by atoms with Gasteiger partial charge in [0.05, 0.1) is 23.5 Å². The van der Waals surface area contributed by atoms with Crippen LogP contribution in [0.3, 0.4) is 0 Å². The number of sulfonamides is 1. The molecule has 1 N–H and O–H groups in total. The van der Waals surface area contributed by atoms with Crippen molar-refractivity contribution in [2.45, 2.75) is 35.0 Å². The van der Waals surface area contributed by atoms with Gasteiger partial charge in [-0.3, -0.25) is 4.90 Å². The van der Waals surface area contributed by atoms with Crippen molar-refractivity contribution in [3.8, 4) is 0 Å². The molecule has 0 saturated carbocycles. The predicted octanol–water partition coefficient (Wildman–Crippen LogP) is 2.84. The smallest absolute Gasteiger partial charge is 0.390 e. The first-order valence-corrected chi connectivity index (χ1v) is 11.2. The lowest BCUT2D eigenvalue weighted by atomic mass is 9.61. The van der Waals surface area contributed by atoms with E-state index in [0.717, 1.165) is 5.56 Å². The average molecular weight is 440 g/mol. The van der Waals surface area contributed by atoms with Gasteiger partial charge in [0.15, 0.2) is 0 Å². The van der Waals surface area contributed by atoms with E-state index in [1.165, 1.54) is 16.4 Å². The molecule has 0 aliphatic carbocycles. The number of aliphatic hydroxyl groups is 1. The molecule has 0 unspecified atom stereocenters. The maximum absolute atomic E-state index is 12.9. The van der Waals surface area contributed by atoms with Gasteiger partial charge in [-0.15, -0.1) is 0 Å². The fourth-order valence-corrected chi connectivity index (χ4v) is 6.44. The van der Waals surface area contributed by atoms with E-state index in [4.69, 9.17) is 0 Å². The van der Waals surface area contributed by atoms with Crippen LogP contribution < -0.4 is 0 Å². The van der Waals surface area contributed by atoms with E-state index in [2.05, 4.69) is 0 Å². The van der Waals surface area contributed by atoms with E-state index in [1.54, 1.807) is 23.1 Å². The van der Waals surface area contributed by atoms with Gasteiger partial charge in [-0.25, -0.2) is 8.42 Å². The molecule has 9 heteroatoms. The Hall–Kier alpha value is -1.94. The Bertz CT molecular complexity index is 978. The average Bonchev–Trinajstić information content (AvgIpc) is 2.66. The zero-order valence-corrected chi connectivity index (χ0v) is 17.0. The van der Waals surface area contributed by atoms with Gasteiger partial charge in [0.25, 0.3) is 0 Å². The Kier molecular flexibility index (Phi) is 5.42. The summed E-state index contributed by atoms with van der Waals surface area (Å²) in [4.78, 5) is 1.81. The number of halogens is 3. The number of aliphatic hydroxyl groups excluding tert-OH is 1. The summed E-state index contributed by atoms with van der Waals surface area (Å²) >= 11 is 0. The molecule has 5 nitrogen and oxygen atoms in total. The molecule has 2 atom stereocenters. The predicted molar refractivity (Wildman–Crippen MR) is 105 cm³/mol. The normalized spacial score (nSPS) is 24.4.